The largest absolute Gasteiger partial charge is 0.331 e. The first-order valence-corrected chi connectivity index (χ1v) is 6.53. The summed E-state index contributed by atoms with van der Waals surface area (Å²) in [5, 5.41) is 0.637. The van der Waals surface area contributed by atoms with E-state index in [9.17, 15) is 4.79 Å². The van der Waals surface area contributed by atoms with Gasteiger partial charge in [-0.15, -0.1) is 6.42 Å². The number of hydrogen-bond acceptors (Lipinski definition) is 1. The van der Waals surface area contributed by atoms with E-state index in [0.29, 0.717) is 23.9 Å². The lowest BCUT2D eigenvalue weighted by atomic mass is 10.1. The third-order valence-corrected chi connectivity index (χ3v) is 3.48. The lowest BCUT2D eigenvalue weighted by molar-refractivity contribution is -0.130. The summed E-state index contributed by atoms with van der Waals surface area (Å²) in [5.41, 5.74) is 0.863. The Morgan fingerprint density at radius 1 is 1.44 bits per heavy atom. The maximum absolute atomic E-state index is 12.2. The standard InChI is InChI=1S/C15H16ClNO/c1-2-9-17(11-12-7-8-12)15(18)10-13-5-3-4-6-14(13)16/h1,3-6,12H,7-11H2. The molecule has 94 valence electrons. The van der Waals surface area contributed by atoms with Crippen LogP contribution in [-0.2, 0) is 11.2 Å². The summed E-state index contributed by atoms with van der Waals surface area (Å²) < 4.78 is 0. The maximum Gasteiger partial charge on any atom is 0.227 e. The van der Waals surface area contributed by atoms with Gasteiger partial charge < -0.3 is 4.90 Å². The SMILES string of the molecule is C#CCN(CC1CC1)C(=O)Cc1ccccc1Cl. The highest BCUT2D eigenvalue weighted by molar-refractivity contribution is 6.31. The molecule has 1 amide bonds. The van der Waals surface area contributed by atoms with Gasteiger partial charge in [0.1, 0.15) is 0 Å². The molecule has 0 spiro atoms. The Morgan fingerprint density at radius 2 is 2.17 bits per heavy atom. The van der Waals surface area contributed by atoms with Crippen LogP contribution in [0.2, 0.25) is 5.02 Å². The molecule has 1 aliphatic rings. The van der Waals surface area contributed by atoms with Crippen molar-refractivity contribution < 1.29 is 4.79 Å². The van der Waals surface area contributed by atoms with Gasteiger partial charge in [0.2, 0.25) is 5.91 Å². The highest BCUT2D eigenvalue weighted by Crippen LogP contribution is 2.30. The molecule has 0 bridgehead atoms. The second-order valence-electron chi connectivity index (χ2n) is 4.69. The molecule has 0 N–H and O–H groups in total. The molecule has 0 atom stereocenters. The summed E-state index contributed by atoms with van der Waals surface area (Å²) in [6, 6.07) is 7.43. The fourth-order valence-electron chi connectivity index (χ4n) is 1.89. The smallest absolute Gasteiger partial charge is 0.227 e. The predicted octanol–water partition coefficient (Wildman–Crippen LogP) is 2.75. The molecule has 0 saturated heterocycles. The molecule has 0 radical (unpaired) electrons. The Kier molecular flexibility index (Phi) is 4.28. The highest BCUT2D eigenvalue weighted by Gasteiger charge is 2.26. The van der Waals surface area contributed by atoms with Gasteiger partial charge in [0.05, 0.1) is 13.0 Å². The van der Waals surface area contributed by atoms with Crippen molar-refractivity contribution in [2.45, 2.75) is 19.3 Å². The van der Waals surface area contributed by atoms with Crippen LogP contribution in [0.1, 0.15) is 18.4 Å². The minimum absolute atomic E-state index is 0.0629. The number of carbonyl (C=O) groups excluding carboxylic acids is 1. The van der Waals surface area contributed by atoms with E-state index in [0.717, 1.165) is 12.1 Å². The molecular weight excluding hydrogens is 246 g/mol. The Balaban J connectivity index is 2.00. The van der Waals surface area contributed by atoms with Gasteiger partial charge in [-0.3, -0.25) is 4.79 Å². The van der Waals surface area contributed by atoms with Crippen LogP contribution < -0.4 is 0 Å². The zero-order valence-corrected chi connectivity index (χ0v) is 11.0. The maximum atomic E-state index is 12.2. The van der Waals surface area contributed by atoms with Gasteiger partial charge in [-0.25, -0.2) is 0 Å². The van der Waals surface area contributed by atoms with Gasteiger partial charge in [0, 0.05) is 11.6 Å². The number of nitrogens with zero attached hydrogens (tertiary/aromatic N) is 1. The van der Waals surface area contributed by atoms with E-state index in [1.54, 1.807) is 11.0 Å². The lowest BCUT2D eigenvalue weighted by Gasteiger charge is -2.20. The van der Waals surface area contributed by atoms with Crippen LogP contribution in [-0.4, -0.2) is 23.9 Å². The Bertz CT molecular complexity index is 474. The molecule has 1 aromatic carbocycles. The molecule has 1 saturated carbocycles. The van der Waals surface area contributed by atoms with Crippen LogP contribution in [0.3, 0.4) is 0 Å². The fraction of sp³-hybridized carbons (Fsp3) is 0.400. The minimum Gasteiger partial charge on any atom is -0.331 e. The summed E-state index contributed by atoms with van der Waals surface area (Å²) in [6.07, 6.45) is 8.06. The van der Waals surface area contributed by atoms with Crippen LogP contribution in [0.4, 0.5) is 0 Å². The summed E-state index contributed by atoms with van der Waals surface area (Å²) in [4.78, 5) is 14.0. The molecular formula is C15H16ClNO. The first-order valence-electron chi connectivity index (χ1n) is 6.15. The fourth-order valence-corrected chi connectivity index (χ4v) is 2.10. The number of carbonyl (C=O) groups is 1. The van der Waals surface area contributed by atoms with Gasteiger partial charge in [-0.1, -0.05) is 35.7 Å². The van der Waals surface area contributed by atoms with Crippen molar-refractivity contribution in [3.05, 3.63) is 34.9 Å². The summed E-state index contributed by atoms with van der Waals surface area (Å²) >= 11 is 6.06. The summed E-state index contributed by atoms with van der Waals surface area (Å²) in [7, 11) is 0. The van der Waals surface area contributed by atoms with Gasteiger partial charge in [0.25, 0.3) is 0 Å². The van der Waals surface area contributed by atoms with Crippen molar-refractivity contribution in [2.24, 2.45) is 5.92 Å². The van der Waals surface area contributed by atoms with Crippen molar-refractivity contribution >= 4 is 17.5 Å². The van der Waals surface area contributed by atoms with Crippen LogP contribution >= 0.6 is 11.6 Å². The zero-order valence-electron chi connectivity index (χ0n) is 10.2. The number of terminal acetylenes is 1. The number of benzene rings is 1. The topological polar surface area (TPSA) is 20.3 Å². The quantitative estimate of drug-likeness (QED) is 0.747. The zero-order chi connectivity index (χ0) is 13.0. The molecule has 18 heavy (non-hydrogen) atoms. The highest BCUT2D eigenvalue weighted by atomic mass is 35.5. The molecule has 1 aliphatic carbocycles. The third-order valence-electron chi connectivity index (χ3n) is 3.11. The van der Waals surface area contributed by atoms with Crippen molar-refractivity contribution in [1.82, 2.24) is 4.90 Å². The Morgan fingerprint density at radius 3 is 2.78 bits per heavy atom. The summed E-state index contributed by atoms with van der Waals surface area (Å²) in [5.74, 6) is 3.26. The van der Waals surface area contributed by atoms with E-state index in [-0.39, 0.29) is 5.91 Å². The molecule has 1 aromatic rings. The van der Waals surface area contributed by atoms with E-state index < -0.39 is 0 Å². The minimum atomic E-state index is 0.0629. The molecule has 2 rings (SSSR count). The van der Waals surface area contributed by atoms with Crippen molar-refractivity contribution in [2.75, 3.05) is 13.1 Å². The second-order valence-corrected chi connectivity index (χ2v) is 5.10. The molecule has 0 heterocycles. The molecule has 3 heteroatoms. The van der Waals surface area contributed by atoms with E-state index in [2.05, 4.69) is 5.92 Å². The van der Waals surface area contributed by atoms with Gasteiger partial charge in [-0.2, -0.15) is 0 Å². The Labute approximate surface area is 113 Å². The summed E-state index contributed by atoms with van der Waals surface area (Å²) in [6.45, 7) is 1.17. The van der Waals surface area contributed by atoms with Crippen LogP contribution in [0.5, 0.6) is 0 Å². The average Bonchev–Trinajstić information content (AvgIpc) is 3.15. The van der Waals surface area contributed by atoms with Gasteiger partial charge in [0.15, 0.2) is 0 Å². The number of rotatable bonds is 5. The number of halogens is 1. The number of hydrogen-bond donors (Lipinski definition) is 0. The van der Waals surface area contributed by atoms with E-state index in [1.165, 1.54) is 12.8 Å². The lowest BCUT2D eigenvalue weighted by Crippen LogP contribution is -2.34. The van der Waals surface area contributed by atoms with Gasteiger partial charge in [-0.05, 0) is 30.4 Å². The van der Waals surface area contributed by atoms with E-state index in [1.807, 2.05) is 18.2 Å². The van der Waals surface area contributed by atoms with Crippen molar-refractivity contribution in [3.63, 3.8) is 0 Å². The van der Waals surface area contributed by atoms with E-state index >= 15 is 0 Å². The van der Waals surface area contributed by atoms with E-state index in [4.69, 9.17) is 18.0 Å². The molecule has 0 unspecified atom stereocenters. The molecule has 2 nitrogen and oxygen atoms in total. The second kappa shape index (κ2) is 5.93. The van der Waals surface area contributed by atoms with Crippen LogP contribution in [0.15, 0.2) is 24.3 Å². The monoisotopic (exact) mass is 261 g/mol. The average molecular weight is 262 g/mol. The first-order chi connectivity index (χ1) is 8.70. The van der Waals surface area contributed by atoms with Crippen molar-refractivity contribution in [1.29, 1.82) is 0 Å². The van der Waals surface area contributed by atoms with Crippen LogP contribution in [0.25, 0.3) is 0 Å². The first kappa shape index (κ1) is 13.0. The van der Waals surface area contributed by atoms with Crippen molar-refractivity contribution in [3.8, 4) is 12.3 Å². The van der Waals surface area contributed by atoms with Crippen LogP contribution in [0, 0.1) is 18.3 Å². The third kappa shape index (κ3) is 3.51. The van der Waals surface area contributed by atoms with Gasteiger partial charge >= 0.3 is 0 Å². The molecule has 0 aromatic heterocycles. The predicted molar refractivity (Wildman–Crippen MR) is 73.3 cm³/mol. The molecule has 0 aliphatic heterocycles. The number of amides is 1. The Hall–Kier alpha value is -1.46. The normalized spacial score (nSPS) is 14.0. The molecule has 1 fully saturated rings.